The Morgan fingerprint density at radius 1 is 1.19 bits per heavy atom. The fourth-order valence-corrected chi connectivity index (χ4v) is 2.95. The Hall–Kier alpha value is -2.47. The molecule has 6 nitrogen and oxygen atoms in total. The predicted molar refractivity (Wildman–Crippen MR) is 101 cm³/mol. The van der Waals surface area contributed by atoms with Crippen molar-refractivity contribution < 1.29 is 4.79 Å². The van der Waals surface area contributed by atoms with Crippen LogP contribution in [0.3, 0.4) is 0 Å². The first-order valence-electron chi connectivity index (χ1n) is 8.72. The minimum atomic E-state index is -0.0464. The summed E-state index contributed by atoms with van der Waals surface area (Å²) in [6.45, 7) is 7.00. The van der Waals surface area contributed by atoms with Crippen LogP contribution in [0, 0.1) is 13.8 Å². The van der Waals surface area contributed by atoms with Gasteiger partial charge in [-0.2, -0.15) is 4.98 Å². The first-order valence-corrected chi connectivity index (χ1v) is 9.10. The van der Waals surface area contributed by atoms with Gasteiger partial charge in [0.25, 0.3) is 11.7 Å². The fraction of sp³-hybridized carbons (Fsp3) is 0.368. The van der Waals surface area contributed by atoms with Crippen LogP contribution in [0.25, 0.3) is 5.78 Å². The lowest BCUT2D eigenvalue weighted by molar-refractivity contribution is 0.0736. The molecule has 0 N–H and O–H groups in total. The molecule has 0 aliphatic rings. The SMILES string of the molecule is CCCCN(Cc1nc2nc(C)cc(C)n2n1)C(=O)c1ccc(Cl)cc1. The van der Waals surface area contributed by atoms with Crippen molar-refractivity contribution >= 4 is 23.3 Å². The summed E-state index contributed by atoms with van der Waals surface area (Å²) in [6, 6.07) is 8.91. The first kappa shape index (κ1) is 18.3. The average molecular weight is 372 g/mol. The van der Waals surface area contributed by atoms with Crippen molar-refractivity contribution in [3.05, 3.63) is 58.1 Å². The molecule has 0 spiro atoms. The third-order valence-electron chi connectivity index (χ3n) is 4.15. The Labute approximate surface area is 157 Å². The van der Waals surface area contributed by atoms with Crippen LogP contribution in [0.2, 0.25) is 5.02 Å². The number of carbonyl (C=O) groups excluding carboxylic acids is 1. The van der Waals surface area contributed by atoms with Crippen molar-refractivity contribution in [1.29, 1.82) is 0 Å². The van der Waals surface area contributed by atoms with Gasteiger partial charge in [-0.3, -0.25) is 4.79 Å². The smallest absolute Gasteiger partial charge is 0.254 e. The van der Waals surface area contributed by atoms with Crippen LogP contribution in [0.1, 0.15) is 47.3 Å². The normalized spacial score (nSPS) is 11.1. The summed E-state index contributed by atoms with van der Waals surface area (Å²) in [6.07, 6.45) is 1.92. The second kappa shape index (κ2) is 7.83. The zero-order chi connectivity index (χ0) is 18.7. The van der Waals surface area contributed by atoms with E-state index >= 15 is 0 Å². The van der Waals surface area contributed by atoms with Crippen molar-refractivity contribution in [2.75, 3.05) is 6.54 Å². The number of aromatic nitrogens is 4. The van der Waals surface area contributed by atoms with E-state index in [-0.39, 0.29) is 5.91 Å². The Morgan fingerprint density at radius 2 is 1.92 bits per heavy atom. The zero-order valence-electron chi connectivity index (χ0n) is 15.2. The van der Waals surface area contributed by atoms with Gasteiger partial charge in [0.1, 0.15) is 0 Å². The maximum Gasteiger partial charge on any atom is 0.254 e. The topological polar surface area (TPSA) is 63.4 Å². The molecule has 0 aliphatic carbocycles. The van der Waals surface area contributed by atoms with Crippen LogP contribution in [0.15, 0.2) is 30.3 Å². The van der Waals surface area contributed by atoms with Gasteiger partial charge in [-0.05, 0) is 50.6 Å². The predicted octanol–water partition coefficient (Wildman–Crippen LogP) is 3.84. The second-order valence-corrected chi connectivity index (χ2v) is 6.80. The Balaban J connectivity index is 1.87. The van der Waals surface area contributed by atoms with Crippen molar-refractivity contribution in [3.63, 3.8) is 0 Å². The summed E-state index contributed by atoms with van der Waals surface area (Å²) in [5, 5.41) is 5.13. The van der Waals surface area contributed by atoms with E-state index in [4.69, 9.17) is 11.6 Å². The lowest BCUT2D eigenvalue weighted by atomic mass is 10.2. The highest BCUT2D eigenvalue weighted by Crippen LogP contribution is 2.14. The van der Waals surface area contributed by atoms with Crippen molar-refractivity contribution in [2.45, 2.75) is 40.2 Å². The van der Waals surface area contributed by atoms with E-state index in [0.717, 1.165) is 24.2 Å². The van der Waals surface area contributed by atoms with E-state index in [1.165, 1.54) is 0 Å². The van der Waals surface area contributed by atoms with E-state index in [2.05, 4.69) is 22.0 Å². The lowest BCUT2D eigenvalue weighted by Crippen LogP contribution is -2.32. The summed E-state index contributed by atoms with van der Waals surface area (Å²) in [5.74, 6) is 1.10. The average Bonchev–Trinajstić information content (AvgIpc) is 3.01. The Bertz CT molecular complexity index is 920. The van der Waals surface area contributed by atoms with Gasteiger partial charge < -0.3 is 4.90 Å². The second-order valence-electron chi connectivity index (χ2n) is 6.37. The van der Waals surface area contributed by atoms with Gasteiger partial charge in [0, 0.05) is 28.5 Å². The van der Waals surface area contributed by atoms with Crippen LogP contribution >= 0.6 is 11.6 Å². The quantitative estimate of drug-likeness (QED) is 0.660. The van der Waals surface area contributed by atoms with E-state index in [0.29, 0.717) is 35.3 Å². The third kappa shape index (κ3) is 4.02. The number of unbranched alkanes of at least 4 members (excludes halogenated alkanes) is 1. The molecule has 0 saturated carbocycles. The monoisotopic (exact) mass is 371 g/mol. The summed E-state index contributed by atoms with van der Waals surface area (Å²) < 4.78 is 1.72. The molecule has 3 rings (SSSR count). The molecule has 1 aromatic carbocycles. The molecule has 136 valence electrons. The number of rotatable bonds is 6. The molecule has 0 fully saturated rings. The minimum absolute atomic E-state index is 0.0464. The molecule has 7 heteroatoms. The lowest BCUT2D eigenvalue weighted by Gasteiger charge is -2.21. The van der Waals surface area contributed by atoms with Crippen LogP contribution in [-0.2, 0) is 6.54 Å². The standard InChI is InChI=1S/C19H22ClN5O/c1-4-5-10-24(18(26)15-6-8-16(20)9-7-15)12-17-22-19-21-13(2)11-14(3)25(19)23-17/h6-9,11H,4-5,10,12H2,1-3H3. The highest BCUT2D eigenvalue weighted by molar-refractivity contribution is 6.30. The molecule has 2 aromatic heterocycles. The van der Waals surface area contributed by atoms with Gasteiger partial charge in [0.05, 0.1) is 6.54 Å². The molecule has 2 heterocycles. The number of aryl methyl sites for hydroxylation is 2. The summed E-state index contributed by atoms with van der Waals surface area (Å²) in [4.78, 5) is 23.6. The molecule has 0 unspecified atom stereocenters. The number of benzene rings is 1. The van der Waals surface area contributed by atoms with E-state index in [9.17, 15) is 4.79 Å². The molecule has 0 radical (unpaired) electrons. The number of amides is 1. The molecular formula is C19H22ClN5O. The van der Waals surface area contributed by atoms with Gasteiger partial charge in [-0.1, -0.05) is 24.9 Å². The van der Waals surface area contributed by atoms with Gasteiger partial charge in [-0.25, -0.2) is 9.50 Å². The summed E-state index contributed by atoms with van der Waals surface area (Å²) >= 11 is 5.93. The van der Waals surface area contributed by atoms with Gasteiger partial charge in [0.15, 0.2) is 5.82 Å². The van der Waals surface area contributed by atoms with Gasteiger partial charge in [0.2, 0.25) is 0 Å². The largest absolute Gasteiger partial charge is 0.331 e. The number of nitrogens with zero attached hydrogens (tertiary/aromatic N) is 5. The number of hydrogen-bond acceptors (Lipinski definition) is 4. The van der Waals surface area contributed by atoms with E-state index < -0.39 is 0 Å². The van der Waals surface area contributed by atoms with E-state index in [1.807, 2.05) is 19.9 Å². The van der Waals surface area contributed by atoms with E-state index in [1.54, 1.807) is 33.7 Å². The molecule has 0 atom stereocenters. The van der Waals surface area contributed by atoms with Crippen LogP contribution in [-0.4, -0.2) is 36.9 Å². The zero-order valence-corrected chi connectivity index (χ0v) is 16.0. The summed E-state index contributed by atoms with van der Waals surface area (Å²) in [7, 11) is 0. The molecule has 0 aliphatic heterocycles. The number of halogens is 1. The molecule has 3 aromatic rings. The molecule has 0 saturated heterocycles. The number of hydrogen-bond donors (Lipinski definition) is 0. The maximum absolute atomic E-state index is 12.9. The van der Waals surface area contributed by atoms with Crippen LogP contribution in [0.4, 0.5) is 0 Å². The molecule has 0 bridgehead atoms. The van der Waals surface area contributed by atoms with Crippen LogP contribution in [0.5, 0.6) is 0 Å². The summed E-state index contributed by atoms with van der Waals surface area (Å²) in [5.41, 5.74) is 2.48. The van der Waals surface area contributed by atoms with Gasteiger partial charge in [-0.15, -0.1) is 5.10 Å². The first-order chi connectivity index (χ1) is 12.5. The van der Waals surface area contributed by atoms with Crippen LogP contribution < -0.4 is 0 Å². The van der Waals surface area contributed by atoms with Crippen molar-refractivity contribution in [2.24, 2.45) is 0 Å². The highest BCUT2D eigenvalue weighted by atomic mass is 35.5. The maximum atomic E-state index is 12.9. The van der Waals surface area contributed by atoms with Crippen molar-refractivity contribution in [3.8, 4) is 0 Å². The third-order valence-corrected chi connectivity index (χ3v) is 4.41. The fourth-order valence-electron chi connectivity index (χ4n) is 2.82. The molecular weight excluding hydrogens is 350 g/mol. The number of fused-ring (bicyclic) bond motifs is 1. The van der Waals surface area contributed by atoms with Crippen molar-refractivity contribution in [1.82, 2.24) is 24.5 Å². The highest BCUT2D eigenvalue weighted by Gasteiger charge is 2.18. The molecule has 26 heavy (non-hydrogen) atoms. The minimum Gasteiger partial charge on any atom is -0.331 e. The number of carbonyl (C=O) groups is 1. The Morgan fingerprint density at radius 3 is 2.62 bits per heavy atom. The van der Waals surface area contributed by atoms with Gasteiger partial charge >= 0.3 is 0 Å². The Kier molecular flexibility index (Phi) is 5.52. The molecule has 1 amide bonds.